The van der Waals surface area contributed by atoms with E-state index in [4.69, 9.17) is 17.0 Å². The largest absolute Gasteiger partial charge is 0.494 e. The minimum Gasteiger partial charge on any atom is -0.494 e. The molecule has 0 saturated carbocycles. The summed E-state index contributed by atoms with van der Waals surface area (Å²) in [4.78, 5) is 2.36. The van der Waals surface area contributed by atoms with E-state index in [-0.39, 0.29) is 0 Å². The SMILES string of the molecule is CCOc1ccc(NC(=S)N2CCCCC[C@@H]2c2cccn2C)cc1. The summed E-state index contributed by atoms with van der Waals surface area (Å²) in [6, 6.07) is 12.7. The lowest BCUT2D eigenvalue weighted by Crippen LogP contribution is -2.38. The molecule has 2 aromatic rings. The van der Waals surface area contributed by atoms with Crippen LogP contribution in [0.5, 0.6) is 5.75 Å². The van der Waals surface area contributed by atoms with Crippen molar-refractivity contribution in [3.05, 3.63) is 48.3 Å². The summed E-state index contributed by atoms with van der Waals surface area (Å²) in [5.74, 6) is 0.885. The second-order valence-electron chi connectivity index (χ2n) is 6.49. The lowest BCUT2D eigenvalue weighted by Gasteiger charge is -2.33. The van der Waals surface area contributed by atoms with E-state index in [9.17, 15) is 0 Å². The minimum absolute atomic E-state index is 0.338. The molecule has 1 fully saturated rings. The number of hydrogen-bond acceptors (Lipinski definition) is 2. The topological polar surface area (TPSA) is 29.4 Å². The molecule has 0 bridgehead atoms. The zero-order valence-corrected chi connectivity index (χ0v) is 15.9. The van der Waals surface area contributed by atoms with Crippen molar-refractivity contribution < 1.29 is 4.74 Å². The van der Waals surface area contributed by atoms with Gasteiger partial charge in [0, 0.05) is 31.2 Å². The number of aryl methyl sites for hydroxylation is 1. The summed E-state index contributed by atoms with van der Waals surface area (Å²) >= 11 is 5.77. The number of aromatic nitrogens is 1. The van der Waals surface area contributed by atoms with Crippen LogP contribution in [0.4, 0.5) is 5.69 Å². The van der Waals surface area contributed by atoms with Crippen molar-refractivity contribution in [3.8, 4) is 5.75 Å². The zero-order chi connectivity index (χ0) is 17.6. The summed E-state index contributed by atoms with van der Waals surface area (Å²) in [5, 5.41) is 4.22. The fourth-order valence-electron chi connectivity index (χ4n) is 3.48. The molecule has 0 aliphatic carbocycles. The average molecular weight is 358 g/mol. The van der Waals surface area contributed by atoms with Crippen molar-refractivity contribution in [2.75, 3.05) is 18.5 Å². The van der Waals surface area contributed by atoms with Gasteiger partial charge in [0.25, 0.3) is 0 Å². The van der Waals surface area contributed by atoms with Crippen LogP contribution in [0.2, 0.25) is 0 Å². The molecule has 1 aliphatic heterocycles. The Balaban J connectivity index is 1.74. The molecule has 5 heteroatoms. The number of anilines is 1. The summed E-state index contributed by atoms with van der Waals surface area (Å²) in [7, 11) is 2.11. The Morgan fingerprint density at radius 1 is 1.20 bits per heavy atom. The number of benzene rings is 1. The number of nitrogens with one attached hydrogen (secondary N) is 1. The van der Waals surface area contributed by atoms with Gasteiger partial charge in [0.2, 0.25) is 0 Å². The number of thiocarbonyl (C=S) groups is 1. The molecule has 134 valence electrons. The maximum absolute atomic E-state index is 5.77. The zero-order valence-electron chi connectivity index (χ0n) is 15.1. The number of hydrogen-bond donors (Lipinski definition) is 1. The van der Waals surface area contributed by atoms with E-state index in [2.05, 4.69) is 40.2 Å². The van der Waals surface area contributed by atoms with Crippen LogP contribution in [-0.4, -0.2) is 27.7 Å². The first-order chi connectivity index (χ1) is 12.2. The normalized spacial score (nSPS) is 17.8. The van der Waals surface area contributed by atoms with Crippen molar-refractivity contribution in [3.63, 3.8) is 0 Å². The molecule has 0 amide bonds. The predicted molar refractivity (Wildman–Crippen MR) is 107 cm³/mol. The van der Waals surface area contributed by atoms with Gasteiger partial charge in [-0.1, -0.05) is 12.8 Å². The van der Waals surface area contributed by atoms with Gasteiger partial charge in [-0.3, -0.25) is 0 Å². The Morgan fingerprint density at radius 2 is 2.00 bits per heavy atom. The van der Waals surface area contributed by atoms with E-state index >= 15 is 0 Å². The third kappa shape index (κ3) is 4.34. The highest BCUT2D eigenvalue weighted by Crippen LogP contribution is 2.31. The van der Waals surface area contributed by atoms with Crippen molar-refractivity contribution in [2.45, 2.75) is 38.6 Å². The van der Waals surface area contributed by atoms with Crippen LogP contribution < -0.4 is 10.1 Å². The highest BCUT2D eigenvalue weighted by molar-refractivity contribution is 7.80. The van der Waals surface area contributed by atoms with Crippen LogP contribution in [0.25, 0.3) is 0 Å². The van der Waals surface area contributed by atoms with Gasteiger partial charge in [0.1, 0.15) is 5.75 Å². The highest BCUT2D eigenvalue weighted by Gasteiger charge is 2.26. The Morgan fingerprint density at radius 3 is 2.68 bits per heavy atom. The molecule has 1 saturated heterocycles. The molecule has 4 nitrogen and oxygen atoms in total. The van der Waals surface area contributed by atoms with Crippen LogP contribution in [0, 0.1) is 0 Å². The molecular formula is C20H27N3OS. The molecule has 1 aromatic carbocycles. The van der Waals surface area contributed by atoms with E-state index < -0.39 is 0 Å². The van der Waals surface area contributed by atoms with Crippen LogP contribution in [-0.2, 0) is 7.05 Å². The van der Waals surface area contributed by atoms with E-state index in [1.165, 1.54) is 25.0 Å². The van der Waals surface area contributed by atoms with E-state index in [0.717, 1.165) is 29.5 Å². The average Bonchev–Trinajstić information content (AvgIpc) is 2.89. The Kier molecular flexibility index (Phi) is 5.97. The van der Waals surface area contributed by atoms with Crippen molar-refractivity contribution in [2.24, 2.45) is 7.05 Å². The molecule has 0 spiro atoms. The maximum atomic E-state index is 5.77. The number of ether oxygens (including phenoxy) is 1. The molecular weight excluding hydrogens is 330 g/mol. The molecule has 1 aromatic heterocycles. The van der Waals surface area contributed by atoms with Gasteiger partial charge < -0.3 is 19.5 Å². The first kappa shape index (κ1) is 17.8. The van der Waals surface area contributed by atoms with Gasteiger partial charge in [-0.25, -0.2) is 0 Å². The van der Waals surface area contributed by atoms with Crippen molar-refractivity contribution in [1.29, 1.82) is 0 Å². The lowest BCUT2D eigenvalue weighted by atomic mass is 10.1. The first-order valence-corrected chi connectivity index (χ1v) is 9.51. The molecule has 1 atom stereocenters. The second kappa shape index (κ2) is 8.39. The van der Waals surface area contributed by atoms with Crippen LogP contribution >= 0.6 is 12.2 Å². The Labute approximate surface area is 155 Å². The van der Waals surface area contributed by atoms with E-state index in [1.54, 1.807) is 0 Å². The van der Waals surface area contributed by atoms with Gasteiger partial charge in [0.15, 0.2) is 5.11 Å². The first-order valence-electron chi connectivity index (χ1n) is 9.10. The fraction of sp³-hybridized carbons (Fsp3) is 0.450. The van der Waals surface area contributed by atoms with E-state index in [1.807, 2.05) is 31.2 Å². The Hall–Kier alpha value is -2.01. The number of likely N-dealkylation sites (tertiary alicyclic amines) is 1. The summed E-state index contributed by atoms with van der Waals surface area (Å²) in [5.41, 5.74) is 2.33. The van der Waals surface area contributed by atoms with Gasteiger partial charge in [-0.2, -0.15) is 0 Å². The summed E-state index contributed by atoms with van der Waals surface area (Å²) < 4.78 is 7.71. The van der Waals surface area contributed by atoms with E-state index in [0.29, 0.717) is 12.6 Å². The molecule has 0 unspecified atom stereocenters. The molecule has 25 heavy (non-hydrogen) atoms. The van der Waals surface area contributed by atoms with Crippen LogP contribution in [0.3, 0.4) is 0 Å². The lowest BCUT2D eigenvalue weighted by molar-refractivity contribution is 0.315. The maximum Gasteiger partial charge on any atom is 0.173 e. The third-order valence-corrected chi connectivity index (χ3v) is 5.09. The van der Waals surface area contributed by atoms with Crippen LogP contribution in [0.15, 0.2) is 42.6 Å². The monoisotopic (exact) mass is 357 g/mol. The molecule has 0 radical (unpaired) electrons. The molecule has 3 rings (SSSR count). The third-order valence-electron chi connectivity index (χ3n) is 4.76. The standard InChI is InChI=1S/C20H27N3OS/c1-3-24-17-12-10-16(11-13-17)21-20(25)23-15-6-4-5-8-19(23)18-9-7-14-22(18)2/h7,9-14,19H,3-6,8,15H2,1-2H3,(H,21,25)/t19-/m1/s1. The van der Waals surface area contributed by atoms with Crippen molar-refractivity contribution >= 4 is 23.0 Å². The highest BCUT2D eigenvalue weighted by atomic mass is 32.1. The van der Waals surface area contributed by atoms with Gasteiger partial charge in [-0.05, 0) is 68.4 Å². The number of rotatable bonds is 4. The molecule has 1 N–H and O–H groups in total. The summed E-state index contributed by atoms with van der Waals surface area (Å²) in [6.07, 6.45) is 6.96. The fourth-order valence-corrected chi connectivity index (χ4v) is 3.81. The number of nitrogens with zero attached hydrogens (tertiary/aromatic N) is 2. The smallest absolute Gasteiger partial charge is 0.173 e. The molecule has 2 heterocycles. The second-order valence-corrected chi connectivity index (χ2v) is 6.88. The molecule has 1 aliphatic rings. The van der Waals surface area contributed by atoms with Gasteiger partial charge in [-0.15, -0.1) is 0 Å². The van der Waals surface area contributed by atoms with Gasteiger partial charge >= 0.3 is 0 Å². The van der Waals surface area contributed by atoms with Crippen molar-refractivity contribution in [1.82, 2.24) is 9.47 Å². The predicted octanol–water partition coefficient (Wildman–Crippen LogP) is 4.74. The minimum atomic E-state index is 0.338. The van der Waals surface area contributed by atoms with Crippen LogP contribution in [0.1, 0.15) is 44.3 Å². The van der Waals surface area contributed by atoms with Gasteiger partial charge in [0.05, 0.1) is 12.6 Å². The summed E-state index contributed by atoms with van der Waals surface area (Å²) in [6.45, 7) is 3.67. The quantitative estimate of drug-likeness (QED) is 0.801. The Bertz CT molecular complexity index is 695.